The first-order chi connectivity index (χ1) is 16.5. The Morgan fingerprint density at radius 1 is 0.824 bits per heavy atom. The number of fused-ring (bicyclic) bond motifs is 1. The average Bonchev–Trinajstić information content (AvgIpc) is 3.10. The summed E-state index contributed by atoms with van der Waals surface area (Å²) >= 11 is 6.09. The number of rotatable bonds is 6. The van der Waals surface area contributed by atoms with E-state index in [1.165, 1.54) is 10.5 Å². The van der Waals surface area contributed by atoms with E-state index in [4.69, 9.17) is 16.3 Å². The van der Waals surface area contributed by atoms with Gasteiger partial charge in [-0.25, -0.2) is 0 Å². The van der Waals surface area contributed by atoms with E-state index in [0.29, 0.717) is 16.1 Å². The van der Waals surface area contributed by atoms with E-state index >= 15 is 0 Å². The second-order valence-corrected chi connectivity index (χ2v) is 9.07. The molecule has 1 saturated heterocycles. The number of hydrogen-bond acceptors (Lipinski definition) is 5. The van der Waals surface area contributed by atoms with Crippen molar-refractivity contribution in [3.8, 4) is 5.75 Å². The van der Waals surface area contributed by atoms with E-state index in [9.17, 15) is 9.59 Å². The van der Waals surface area contributed by atoms with Gasteiger partial charge in [0.25, 0.3) is 11.8 Å². The van der Waals surface area contributed by atoms with Crippen molar-refractivity contribution in [1.29, 1.82) is 0 Å². The number of benzene rings is 3. The van der Waals surface area contributed by atoms with E-state index in [2.05, 4.69) is 21.9 Å². The van der Waals surface area contributed by atoms with Crippen molar-refractivity contribution in [2.24, 2.45) is 0 Å². The van der Waals surface area contributed by atoms with E-state index in [-0.39, 0.29) is 18.4 Å². The number of anilines is 1. The number of carbonyl (C=O) groups excluding carboxylic acids is 2. The molecule has 0 aliphatic carbocycles. The van der Waals surface area contributed by atoms with Crippen LogP contribution in [0.25, 0.3) is 0 Å². The fourth-order valence-electron chi connectivity index (χ4n) is 4.68. The maximum absolute atomic E-state index is 13.3. The third-order valence-electron chi connectivity index (χ3n) is 6.48. The lowest BCUT2D eigenvalue weighted by Crippen LogP contribution is -2.46. The van der Waals surface area contributed by atoms with Gasteiger partial charge in [0, 0.05) is 37.7 Å². The quantitative estimate of drug-likeness (QED) is 0.492. The van der Waals surface area contributed by atoms with Gasteiger partial charge in [-0.2, -0.15) is 0 Å². The highest BCUT2D eigenvalue weighted by Crippen LogP contribution is 2.33. The third kappa shape index (κ3) is 4.39. The molecule has 1 fully saturated rings. The number of piperazine rings is 1. The van der Waals surface area contributed by atoms with Crippen LogP contribution in [0.15, 0.2) is 66.7 Å². The summed E-state index contributed by atoms with van der Waals surface area (Å²) in [6.45, 7) is 4.43. The maximum atomic E-state index is 13.3. The minimum atomic E-state index is -0.250. The second-order valence-electron chi connectivity index (χ2n) is 8.64. The van der Waals surface area contributed by atoms with Crippen molar-refractivity contribution in [3.63, 3.8) is 0 Å². The Balaban J connectivity index is 1.29. The van der Waals surface area contributed by atoms with E-state index in [1.807, 2.05) is 36.4 Å². The molecule has 2 aliphatic heterocycles. The molecule has 3 aromatic rings. The molecule has 0 saturated carbocycles. The second kappa shape index (κ2) is 9.49. The Labute approximate surface area is 204 Å². The van der Waals surface area contributed by atoms with Crippen molar-refractivity contribution in [1.82, 2.24) is 9.80 Å². The molecule has 5 rings (SSSR count). The van der Waals surface area contributed by atoms with Gasteiger partial charge >= 0.3 is 0 Å². The smallest absolute Gasteiger partial charge is 0.263 e. The summed E-state index contributed by atoms with van der Waals surface area (Å²) in [5.74, 6) is 0.367. The van der Waals surface area contributed by atoms with Crippen LogP contribution < -0.4 is 9.64 Å². The molecule has 0 radical (unpaired) electrons. The summed E-state index contributed by atoms with van der Waals surface area (Å²) in [5.41, 5.74) is 3.90. The van der Waals surface area contributed by atoms with E-state index in [1.54, 1.807) is 25.3 Å². The van der Waals surface area contributed by atoms with Crippen LogP contribution in [0.1, 0.15) is 31.8 Å². The molecule has 2 amide bonds. The number of amides is 2. The molecule has 0 N–H and O–H groups in total. The monoisotopic (exact) mass is 475 g/mol. The number of ether oxygens (including phenoxy) is 1. The number of imide groups is 1. The molecule has 0 atom stereocenters. The van der Waals surface area contributed by atoms with Crippen LogP contribution in [0.3, 0.4) is 0 Å². The summed E-state index contributed by atoms with van der Waals surface area (Å²) in [5, 5.41) is 0.585. The van der Waals surface area contributed by atoms with Crippen LogP contribution in [0.4, 0.5) is 5.69 Å². The van der Waals surface area contributed by atoms with Gasteiger partial charge in [0.05, 0.1) is 30.5 Å². The predicted octanol–water partition coefficient (Wildman–Crippen LogP) is 4.47. The lowest BCUT2D eigenvalue weighted by molar-refractivity contribution is 0.0642. The molecule has 0 bridgehead atoms. The third-order valence-corrected chi connectivity index (χ3v) is 6.72. The number of nitrogens with zero attached hydrogens (tertiary/aromatic N) is 3. The van der Waals surface area contributed by atoms with Gasteiger partial charge in [0.2, 0.25) is 0 Å². The van der Waals surface area contributed by atoms with Gasteiger partial charge in [-0.3, -0.25) is 19.4 Å². The maximum Gasteiger partial charge on any atom is 0.263 e. The highest BCUT2D eigenvalue weighted by Gasteiger charge is 2.38. The SMILES string of the molecule is COc1ccc(CN2CCN(c3cccc4c3C(=O)N(Cc3cccc(Cl)c3)C4=O)CC2)cc1. The summed E-state index contributed by atoms with van der Waals surface area (Å²) in [6, 6.07) is 21.0. The molecule has 0 unspecified atom stereocenters. The van der Waals surface area contributed by atoms with E-state index in [0.717, 1.165) is 49.7 Å². The molecular formula is C27H26ClN3O3. The first kappa shape index (κ1) is 22.4. The highest BCUT2D eigenvalue weighted by atomic mass is 35.5. The normalized spacial score (nSPS) is 16.2. The lowest BCUT2D eigenvalue weighted by atomic mass is 10.1. The summed E-state index contributed by atoms with van der Waals surface area (Å²) in [4.78, 5) is 32.4. The molecule has 174 valence electrons. The zero-order valence-electron chi connectivity index (χ0n) is 19.0. The van der Waals surface area contributed by atoms with Crippen molar-refractivity contribution < 1.29 is 14.3 Å². The van der Waals surface area contributed by atoms with Crippen molar-refractivity contribution in [2.45, 2.75) is 13.1 Å². The first-order valence-electron chi connectivity index (χ1n) is 11.4. The minimum Gasteiger partial charge on any atom is -0.497 e. The Hall–Kier alpha value is -3.35. The Bertz CT molecular complexity index is 1220. The molecule has 2 aliphatic rings. The molecule has 7 heteroatoms. The number of hydrogen-bond donors (Lipinski definition) is 0. The van der Waals surface area contributed by atoms with Gasteiger partial charge in [0.15, 0.2) is 0 Å². The molecule has 34 heavy (non-hydrogen) atoms. The van der Waals surface area contributed by atoms with Crippen molar-refractivity contribution >= 4 is 29.1 Å². The minimum absolute atomic E-state index is 0.210. The first-order valence-corrected chi connectivity index (χ1v) is 11.7. The molecule has 3 aromatic carbocycles. The highest BCUT2D eigenvalue weighted by molar-refractivity contribution is 6.30. The van der Waals surface area contributed by atoms with Crippen LogP contribution >= 0.6 is 11.6 Å². The largest absolute Gasteiger partial charge is 0.497 e. The molecule has 2 heterocycles. The molecule has 6 nitrogen and oxygen atoms in total. The van der Waals surface area contributed by atoms with Gasteiger partial charge in [-0.05, 0) is 47.5 Å². The number of methoxy groups -OCH3 is 1. The van der Waals surface area contributed by atoms with Crippen molar-refractivity contribution in [3.05, 3.63) is 94.0 Å². The predicted molar refractivity (Wildman–Crippen MR) is 133 cm³/mol. The van der Waals surface area contributed by atoms with Gasteiger partial charge in [0.1, 0.15) is 5.75 Å². The zero-order chi connectivity index (χ0) is 23.7. The van der Waals surface area contributed by atoms with Crippen LogP contribution in [-0.4, -0.2) is 54.9 Å². The summed E-state index contributed by atoms with van der Waals surface area (Å²) < 4.78 is 5.24. The van der Waals surface area contributed by atoms with Crippen LogP contribution in [0.5, 0.6) is 5.75 Å². The molecule has 0 spiro atoms. The summed E-state index contributed by atoms with van der Waals surface area (Å²) in [7, 11) is 1.67. The lowest BCUT2D eigenvalue weighted by Gasteiger charge is -2.36. The molecular weight excluding hydrogens is 450 g/mol. The van der Waals surface area contributed by atoms with Crippen molar-refractivity contribution in [2.75, 3.05) is 38.2 Å². The standard InChI is InChI=1S/C27H26ClN3O3/c1-34-22-10-8-19(9-11-22)17-29-12-14-30(15-13-29)24-7-3-6-23-25(24)27(33)31(26(23)32)18-20-4-2-5-21(28)16-20/h2-11,16H,12-15,17-18H2,1H3. The van der Waals surface area contributed by atoms with Crippen LogP contribution in [0, 0.1) is 0 Å². The van der Waals surface area contributed by atoms with Gasteiger partial charge in [-0.15, -0.1) is 0 Å². The Kier molecular flexibility index (Phi) is 6.26. The average molecular weight is 476 g/mol. The van der Waals surface area contributed by atoms with Crippen LogP contribution in [0.2, 0.25) is 5.02 Å². The van der Waals surface area contributed by atoms with E-state index < -0.39 is 0 Å². The Morgan fingerprint density at radius 3 is 2.26 bits per heavy atom. The molecule has 0 aromatic heterocycles. The number of halogens is 1. The Morgan fingerprint density at radius 2 is 1.56 bits per heavy atom. The topological polar surface area (TPSA) is 53.1 Å². The summed E-state index contributed by atoms with van der Waals surface area (Å²) in [6.07, 6.45) is 0. The number of carbonyl (C=O) groups is 2. The fourth-order valence-corrected chi connectivity index (χ4v) is 4.89. The van der Waals surface area contributed by atoms with Crippen LogP contribution in [-0.2, 0) is 13.1 Å². The van der Waals surface area contributed by atoms with Gasteiger partial charge in [-0.1, -0.05) is 41.9 Å². The fraction of sp³-hybridized carbons (Fsp3) is 0.259. The zero-order valence-corrected chi connectivity index (χ0v) is 19.8. The van der Waals surface area contributed by atoms with Gasteiger partial charge < -0.3 is 9.64 Å².